The van der Waals surface area contributed by atoms with E-state index in [4.69, 9.17) is 5.11 Å². The Morgan fingerprint density at radius 1 is 1.33 bits per heavy atom. The van der Waals surface area contributed by atoms with Crippen molar-refractivity contribution < 1.29 is 29.9 Å². The van der Waals surface area contributed by atoms with E-state index < -0.39 is 0 Å². The number of hydrogen-bond donors (Lipinski definition) is 1. The van der Waals surface area contributed by atoms with Crippen LogP contribution in [0.5, 0.6) is 0 Å². The van der Waals surface area contributed by atoms with Gasteiger partial charge in [0, 0.05) is 6.61 Å². The second kappa shape index (κ2) is 17.7. The topological polar surface area (TPSA) is 20.2 Å². The molecule has 42 valence electrons. The average molecular weight is 131 g/mol. The molecular weight excluding hydrogens is 123 g/mol. The van der Waals surface area contributed by atoms with Gasteiger partial charge in [-0.1, -0.05) is 6.92 Å². The Bertz CT molecular complexity index is 10.8. The maximum atomic E-state index is 7.88. The minimum atomic E-state index is 0. The maximum absolute atomic E-state index is 7.88. The van der Waals surface area contributed by atoms with Crippen molar-refractivity contribution in [3.63, 3.8) is 0 Å². The molecule has 0 radical (unpaired) electrons. The molecule has 0 aliphatic carbocycles. The zero-order chi connectivity index (χ0) is 3.41. The van der Waals surface area contributed by atoms with Crippen LogP contribution >= 0.6 is 0 Å². The number of hydrogen-bond acceptors (Lipinski definition) is 1. The highest BCUT2D eigenvalue weighted by Gasteiger charge is 1.57. The van der Waals surface area contributed by atoms with Crippen molar-refractivity contribution in [3.8, 4) is 0 Å². The molecule has 0 fully saturated rings. The average Bonchev–Trinajstić information content (AvgIpc) is 1.37. The fourth-order valence-electron chi connectivity index (χ4n) is 0. The molecule has 0 amide bonds. The van der Waals surface area contributed by atoms with Crippen molar-refractivity contribution in [1.29, 1.82) is 0 Å². The molecule has 6 heavy (non-hydrogen) atoms. The monoisotopic (exact) mass is 130 g/mol. The van der Waals surface area contributed by atoms with Crippen LogP contribution in [0.4, 0.5) is 0 Å². The highest BCUT2D eigenvalue weighted by atomic mass is 35.5. The second-order valence-corrected chi connectivity index (χ2v) is 0.724. The van der Waals surface area contributed by atoms with Crippen LogP contribution in [0, 0.1) is 0 Å². The van der Waals surface area contributed by atoms with Gasteiger partial charge in [-0.3, -0.25) is 0 Å². The molecule has 3 heteroatoms. The zero-order valence-electron chi connectivity index (χ0n) is 3.62. The Labute approximate surface area is 50.6 Å². The van der Waals surface area contributed by atoms with Crippen LogP contribution in [0.25, 0.3) is 0 Å². The summed E-state index contributed by atoms with van der Waals surface area (Å²) < 4.78 is 0. The molecular formula is C3H8Cl2O-2. The summed E-state index contributed by atoms with van der Waals surface area (Å²) in [4.78, 5) is 0. The number of halogens is 2. The molecule has 0 aliphatic heterocycles. The van der Waals surface area contributed by atoms with Gasteiger partial charge >= 0.3 is 0 Å². The van der Waals surface area contributed by atoms with Crippen molar-refractivity contribution >= 4 is 0 Å². The molecule has 0 aliphatic rings. The van der Waals surface area contributed by atoms with Gasteiger partial charge in [0.25, 0.3) is 0 Å². The Morgan fingerprint density at radius 3 is 1.50 bits per heavy atom. The smallest absolute Gasteiger partial charge is 0.0428 e. The molecule has 0 spiro atoms. The molecule has 0 heterocycles. The minimum Gasteiger partial charge on any atom is -1.00 e. The molecule has 0 aromatic carbocycles. The molecule has 0 unspecified atom stereocenters. The fourth-order valence-corrected chi connectivity index (χ4v) is 0. The van der Waals surface area contributed by atoms with Crippen molar-refractivity contribution in [1.82, 2.24) is 0 Å². The van der Waals surface area contributed by atoms with Crippen LogP contribution < -0.4 is 24.8 Å². The van der Waals surface area contributed by atoms with E-state index in [1.165, 1.54) is 0 Å². The van der Waals surface area contributed by atoms with Crippen LogP contribution in [0.2, 0.25) is 0 Å². The van der Waals surface area contributed by atoms with E-state index in [2.05, 4.69) is 0 Å². The van der Waals surface area contributed by atoms with Crippen LogP contribution in [-0.4, -0.2) is 11.7 Å². The van der Waals surface area contributed by atoms with Gasteiger partial charge < -0.3 is 29.9 Å². The maximum Gasteiger partial charge on any atom is 0.0428 e. The van der Waals surface area contributed by atoms with Crippen LogP contribution in [-0.2, 0) is 0 Å². The van der Waals surface area contributed by atoms with E-state index >= 15 is 0 Å². The summed E-state index contributed by atoms with van der Waals surface area (Å²) in [6, 6.07) is 0. The summed E-state index contributed by atoms with van der Waals surface area (Å²) >= 11 is 0. The summed E-state index contributed by atoms with van der Waals surface area (Å²) in [6.07, 6.45) is 0.875. The quantitative estimate of drug-likeness (QED) is 0.376. The van der Waals surface area contributed by atoms with Crippen molar-refractivity contribution in [3.05, 3.63) is 0 Å². The molecule has 1 nitrogen and oxygen atoms in total. The second-order valence-electron chi connectivity index (χ2n) is 0.724. The molecule has 0 aromatic heterocycles. The molecule has 0 bridgehead atoms. The van der Waals surface area contributed by atoms with Gasteiger partial charge in [0.2, 0.25) is 0 Å². The highest BCUT2D eigenvalue weighted by Crippen LogP contribution is 1.61. The first kappa shape index (κ1) is 16.0. The van der Waals surface area contributed by atoms with E-state index in [0.717, 1.165) is 6.42 Å². The predicted molar refractivity (Wildman–Crippen MR) is 17.4 cm³/mol. The molecule has 0 atom stereocenters. The summed E-state index contributed by atoms with van der Waals surface area (Å²) in [6.45, 7) is 2.25. The first-order chi connectivity index (χ1) is 1.91. The SMILES string of the molecule is CCCO.[Cl-].[Cl-]. The highest BCUT2D eigenvalue weighted by molar-refractivity contribution is 4.10. The predicted octanol–water partition coefficient (Wildman–Crippen LogP) is -5.60. The van der Waals surface area contributed by atoms with E-state index in [1.54, 1.807) is 0 Å². The van der Waals surface area contributed by atoms with Crippen LogP contribution in [0.3, 0.4) is 0 Å². The van der Waals surface area contributed by atoms with Crippen molar-refractivity contribution in [2.24, 2.45) is 0 Å². The fraction of sp³-hybridized carbons (Fsp3) is 1.00. The summed E-state index contributed by atoms with van der Waals surface area (Å²) in [5, 5.41) is 7.88. The largest absolute Gasteiger partial charge is 1.00 e. The Kier molecular flexibility index (Phi) is 47.2. The van der Waals surface area contributed by atoms with Crippen molar-refractivity contribution in [2.75, 3.05) is 6.61 Å². The molecule has 0 aromatic rings. The molecule has 1 N–H and O–H groups in total. The molecule has 0 saturated carbocycles. The number of rotatable bonds is 1. The van der Waals surface area contributed by atoms with Crippen molar-refractivity contribution in [2.45, 2.75) is 13.3 Å². The molecule has 0 rings (SSSR count). The van der Waals surface area contributed by atoms with Gasteiger partial charge in [-0.05, 0) is 6.42 Å². The van der Waals surface area contributed by atoms with Gasteiger partial charge in [-0.2, -0.15) is 0 Å². The first-order valence-corrected chi connectivity index (χ1v) is 1.52. The number of aliphatic hydroxyl groups excluding tert-OH is 1. The van der Waals surface area contributed by atoms with Crippen LogP contribution in [0.1, 0.15) is 13.3 Å². The van der Waals surface area contributed by atoms with E-state index in [0.29, 0.717) is 6.61 Å². The summed E-state index contributed by atoms with van der Waals surface area (Å²) in [5.74, 6) is 0. The summed E-state index contributed by atoms with van der Waals surface area (Å²) in [5.41, 5.74) is 0. The minimum absolute atomic E-state index is 0. The van der Waals surface area contributed by atoms with Gasteiger partial charge in [0.15, 0.2) is 0 Å². The zero-order valence-corrected chi connectivity index (χ0v) is 5.13. The molecule has 0 saturated heterocycles. The van der Waals surface area contributed by atoms with Crippen LogP contribution in [0.15, 0.2) is 0 Å². The lowest BCUT2D eigenvalue weighted by Crippen LogP contribution is -3.00. The van der Waals surface area contributed by atoms with E-state index in [-0.39, 0.29) is 24.8 Å². The Balaban J connectivity index is -0.0000000450. The summed E-state index contributed by atoms with van der Waals surface area (Å²) in [7, 11) is 0. The lowest BCUT2D eigenvalue weighted by molar-refractivity contribution is -0.00100. The first-order valence-electron chi connectivity index (χ1n) is 1.52. The van der Waals surface area contributed by atoms with Gasteiger partial charge in [0.05, 0.1) is 0 Å². The lowest BCUT2D eigenvalue weighted by Gasteiger charge is -1.69. The van der Waals surface area contributed by atoms with Gasteiger partial charge in [0.1, 0.15) is 0 Å². The normalized spacial score (nSPS) is 5.00. The number of aliphatic hydroxyl groups is 1. The lowest BCUT2D eigenvalue weighted by atomic mass is 10.5. The standard InChI is InChI=1S/C3H8O.2ClH/c1-2-3-4;;/h4H,2-3H2,1H3;2*1H/p-2. The van der Waals surface area contributed by atoms with Gasteiger partial charge in [-0.15, -0.1) is 0 Å². The van der Waals surface area contributed by atoms with Gasteiger partial charge in [-0.25, -0.2) is 0 Å². The Morgan fingerprint density at radius 2 is 1.50 bits per heavy atom. The Hall–Kier alpha value is 0.540. The van der Waals surface area contributed by atoms with E-state index in [1.807, 2.05) is 6.92 Å². The third kappa shape index (κ3) is 24.0. The van der Waals surface area contributed by atoms with E-state index in [9.17, 15) is 0 Å². The third-order valence-corrected chi connectivity index (χ3v) is 0.224. The third-order valence-electron chi connectivity index (χ3n) is 0.224.